The first-order valence-electron chi connectivity index (χ1n) is 8.03. The van der Waals surface area contributed by atoms with Gasteiger partial charge in [0.2, 0.25) is 5.91 Å². The predicted octanol–water partition coefficient (Wildman–Crippen LogP) is 3.91. The molecule has 0 atom stereocenters. The van der Waals surface area contributed by atoms with Gasteiger partial charge in [-0.2, -0.15) is 5.10 Å². The number of rotatable bonds is 6. The minimum atomic E-state index is 0.0345. The summed E-state index contributed by atoms with van der Waals surface area (Å²) in [5.74, 6) is 0.796. The van der Waals surface area contributed by atoms with Gasteiger partial charge in [-0.3, -0.25) is 4.79 Å². The number of hydrogen-bond acceptors (Lipinski definition) is 2. The first-order valence-corrected chi connectivity index (χ1v) is 8.03. The molecule has 0 aliphatic heterocycles. The van der Waals surface area contributed by atoms with Crippen LogP contribution in [-0.2, 0) is 11.2 Å². The highest BCUT2D eigenvalue weighted by atomic mass is 16.1. The van der Waals surface area contributed by atoms with Crippen molar-refractivity contribution in [2.75, 3.05) is 5.32 Å². The fourth-order valence-electron chi connectivity index (χ4n) is 2.81. The highest BCUT2D eigenvalue weighted by Gasteiger charge is 2.10. The van der Waals surface area contributed by atoms with Gasteiger partial charge in [-0.1, -0.05) is 18.2 Å². The number of hydrogen-bond donors (Lipinski definition) is 2. The number of anilines is 1. The molecule has 3 aromatic rings. The fraction of sp³-hybridized carbons (Fsp3) is 0.333. The second-order valence-corrected chi connectivity index (χ2v) is 6.02. The van der Waals surface area contributed by atoms with Crippen molar-refractivity contribution >= 4 is 22.6 Å². The lowest BCUT2D eigenvalue weighted by molar-refractivity contribution is -0.116. The Labute approximate surface area is 135 Å². The molecule has 0 radical (unpaired) electrons. The molecular weight excluding hydrogens is 288 g/mol. The first kappa shape index (κ1) is 15.3. The van der Waals surface area contributed by atoms with Crippen LogP contribution in [0.4, 0.5) is 5.82 Å². The third-order valence-electron chi connectivity index (χ3n) is 3.95. The largest absolute Gasteiger partial charge is 0.361 e. The van der Waals surface area contributed by atoms with Gasteiger partial charge < -0.3 is 10.3 Å². The van der Waals surface area contributed by atoms with E-state index < -0.39 is 0 Å². The normalized spacial score (nSPS) is 11.3. The fourth-order valence-corrected chi connectivity index (χ4v) is 2.81. The van der Waals surface area contributed by atoms with Crippen molar-refractivity contribution in [1.82, 2.24) is 14.8 Å². The van der Waals surface area contributed by atoms with Crippen molar-refractivity contribution in [2.45, 2.75) is 39.2 Å². The molecule has 0 saturated heterocycles. The summed E-state index contributed by atoms with van der Waals surface area (Å²) < 4.78 is 1.82. The van der Waals surface area contributed by atoms with Crippen LogP contribution in [0.25, 0.3) is 10.9 Å². The summed E-state index contributed by atoms with van der Waals surface area (Å²) >= 11 is 0. The van der Waals surface area contributed by atoms with Gasteiger partial charge in [0.1, 0.15) is 5.82 Å². The van der Waals surface area contributed by atoms with E-state index >= 15 is 0 Å². The molecular formula is C18H22N4O. The molecule has 5 nitrogen and oxygen atoms in total. The molecule has 1 aromatic carbocycles. The van der Waals surface area contributed by atoms with Gasteiger partial charge in [0.15, 0.2) is 0 Å². The number of nitrogens with one attached hydrogen (secondary N) is 2. The van der Waals surface area contributed by atoms with Crippen molar-refractivity contribution in [2.24, 2.45) is 0 Å². The zero-order chi connectivity index (χ0) is 16.2. The SMILES string of the molecule is CC(C)n1nccc1NC(=O)CCCc1c[nH]c2ccccc12. The van der Waals surface area contributed by atoms with Crippen molar-refractivity contribution in [3.63, 3.8) is 0 Å². The molecule has 23 heavy (non-hydrogen) atoms. The van der Waals surface area contributed by atoms with E-state index in [4.69, 9.17) is 0 Å². The number of aromatic nitrogens is 3. The molecule has 0 aliphatic carbocycles. The number of carbonyl (C=O) groups is 1. The van der Waals surface area contributed by atoms with E-state index in [-0.39, 0.29) is 11.9 Å². The third-order valence-corrected chi connectivity index (χ3v) is 3.95. The van der Waals surface area contributed by atoms with E-state index in [0.29, 0.717) is 6.42 Å². The lowest BCUT2D eigenvalue weighted by atomic mass is 10.1. The number of amides is 1. The predicted molar refractivity (Wildman–Crippen MR) is 92.5 cm³/mol. The minimum Gasteiger partial charge on any atom is -0.361 e. The van der Waals surface area contributed by atoms with Crippen molar-refractivity contribution < 1.29 is 4.79 Å². The molecule has 1 amide bonds. The Morgan fingerprint density at radius 3 is 2.96 bits per heavy atom. The van der Waals surface area contributed by atoms with Crippen LogP contribution in [0, 0.1) is 0 Å². The molecule has 0 spiro atoms. The summed E-state index contributed by atoms with van der Waals surface area (Å²) in [6.45, 7) is 4.08. The zero-order valence-electron chi connectivity index (χ0n) is 13.5. The summed E-state index contributed by atoms with van der Waals surface area (Å²) in [6, 6.07) is 10.3. The number of carbonyl (C=O) groups excluding carboxylic acids is 1. The van der Waals surface area contributed by atoms with E-state index in [1.165, 1.54) is 10.9 Å². The summed E-state index contributed by atoms with van der Waals surface area (Å²) in [5.41, 5.74) is 2.41. The van der Waals surface area contributed by atoms with Crippen molar-refractivity contribution in [3.05, 3.63) is 48.3 Å². The second kappa shape index (κ2) is 6.69. The number of nitrogens with zero attached hydrogens (tertiary/aromatic N) is 2. The Kier molecular flexibility index (Phi) is 4.46. The number of para-hydroxylation sites is 1. The molecule has 0 unspecified atom stereocenters. The molecule has 0 fully saturated rings. The van der Waals surface area contributed by atoms with E-state index in [1.54, 1.807) is 6.20 Å². The number of H-pyrrole nitrogens is 1. The van der Waals surface area contributed by atoms with Crippen LogP contribution in [-0.4, -0.2) is 20.7 Å². The van der Waals surface area contributed by atoms with Crippen LogP contribution in [0.3, 0.4) is 0 Å². The molecule has 0 bridgehead atoms. The van der Waals surface area contributed by atoms with Crippen LogP contribution in [0.15, 0.2) is 42.7 Å². The van der Waals surface area contributed by atoms with Gasteiger partial charge in [-0.25, -0.2) is 4.68 Å². The molecule has 2 aromatic heterocycles. The van der Waals surface area contributed by atoms with Crippen LogP contribution in [0.5, 0.6) is 0 Å². The van der Waals surface area contributed by atoms with Crippen LogP contribution in [0.2, 0.25) is 0 Å². The molecule has 0 aliphatic rings. The van der Waals surface area contributed by atoms with Gasteiger partial charge in [-0.15, -0.1) is 0 Å². The average Bonchev–Trinajstić information content (AvgIpc) is 3.14. The summed E-state index contributed by atoms with van der Waals surface area (Å²) in [4.78, 5) is 15.4. The topological polar surface area (TPSA) is 62.7 Å². The summed E-state index contributed by atoms with van der Waals surface area (Å²) in [5, 5.41) is 8.41. The summed E-state index contributed by atoms with van der Waals surface area (Å²) in [7, 11) is 0. The summed E-state index contributed by atoms with van der Waals surface area (Å²) in [6.07, 6.45) is 5.96. The second-order valence-electron chi connectivity index (χ2n) is 6.02. The first-order chi connectivity index (χ1) is 11.1. The van der Waals surface area contributed by atoms with Crippen LogP contribution >= 0.6 is 0 Å². The number of aryl methyl sites for hydroxylation is 1. The Bertz CT molecular complexity index is 800. The monoisotopic (exact) mass is 310 g/mol. The van der Waals surface area contributed by atoms with Gasteiger partial charge in [0.05, 0.1) is 6.20 Å². The Morgan fingerprint density at radius 1 is 1.30 bits per heavy atom. The Hall–Kier alpha value is -2.56. The lowest BCUT2D eigenvalue weighted by Gasteiger charge is -2.11. The molecule has 3 rings (SSSR count). The number of benzene rings is 1. The quantitative estimate of drug-likeness (QED) is 0.725. The van der Waals surface area contributed by atoms with E-state index in [0.717, 1.165) is 24.2 Å². The number of aromatic amines is 1. The van der Waals surface area contributed by atoms with Gasteiger partial charge in [0.25, 0.3) is 0 Å². The maximum atomic E-state index is 12.1. The maximum absolute atomic E-state index is 12.1. The molecule has 5 heteroatoms. The maximum Gasteiger partial charge on any atom is 0.225 e. The van der Waals surface area contributed by atoms with Crippen molar-refractivity contribution in [3.8, 4) is 0 Å². The zero-order valence-corrected chi connectivity index (χ0v) is 13.5. The lowest BCUT2D eigenvalue weighted by Crippen LogP contribution is -2.16. The van der Waals surface area contributed by atoms with E-state index in [1.807, 2.05) is 42.9 Å². The Morgan fingerprint density at radius 2 is 2.13 bits per heavy atom. The molecule has 0 saturated carbocycles. The Balaban J connectivity index is 1.54. The third kappa shape index (κ3) is 3.44. The van der Waals surface area contributed by atoms with Crippen molar-refractivity contribution in [1.29, 1.82) is 0 Å². The van der Waals surface area contributed by atoms with Crippen LogP contribution < -0.4 is 5.32 Å². The highest BCUT2D eigenvalue weighted by Crippen LogP contribution is 2.20. The van der Waals surface area contributed by atoms with Gasteiger partial charge in [0, 0.05) is 35.6 Å². The van der Waals surface area contributed by atoms with Crippen LogP contribution in [0.1, 0.15) is 38.3 Å². The highest BCUT2D eigenvalue weighted by molar-refractivity contribution is 5.90. The minimum absolute atomic E-state index is 0.0345. The van der Waals surface area contributed by atoms with Gasteiger partial charge in [-0.05, 0) is 38.3 Å². The van der Waals surface area contributed by atoms with Gasteiger partial charge >= 0.3 is 0 Å². The van der Waals surface area contributed by atoms with E-state index in [9.17, 15) is 4.79 Å². The smallest absolute Gasteiger partial charge is 0.225 e. The standard InChI is InChI=1S/C18H22N4O/c1-13(2)22-17(10-11-20-22)21-18(23)9-5-6-14-12-19-16-8-4-3-7-15(14)16/h3-4,7-8,10-13,19H,5-6,9H2,1-2H3,(H,21,23). The van der Waals surface area contributed by atoms with E-state index in [2.05, 4.69) is 27.5 Å². The molecule has 2 heterocycles. The molecule has 120 valence electrons. The average molecular weight is 310 g/mol. The molecule has 2 N–H and O–H groups in total. The number of fused-ring (bicyclic) bond motifs is 1.